The van der Waals surface area contributed by atoms with Crippen molar-refractivity contribution in [3.8, 4) is 0 Å². The van der Waals surface area contributed by atoms with Gasteiger partial charge in [-0.05, 0) is 51.9 Å². The summed E-state index contributed by atoms with van der Waals surface area (Å²) in [5.41, 5.74) is -0.822. The quantitative estimate of drug-likeness (QED) is 0.637. The van der Waals surface area contributed by atoms with Crippen LogP contribution in [0.2, 0.25) is 0 Å². The monoisotopic (exact) mass is 281 g/mol. The Hall–Kier alpha value is -1.06. The highest BCUT2D eigenvalue weighted by atomic mass is 16.6. The normalized spacial score (nSPS) is 36.1. The van der Waals surface area contributed by atoms with Crippen LogP contribution in [-0.4, -0.2) is 28.0 Å². The van der Waals surface area contributed by atoms with Crippen LogP contribution in [0, 0.1) is 17.3 Å². The molecule has 1 saturated carbocycles. The Labute approximate surface area is 121 Å². The molecule has 0 aromatic rings. The van der Waals surface area contributed by atoms with E-state index in [1.165, 1.54) is 4.90 Å². The van der Waals surface area contributed by atoms with Crippen molar-refractivity contribution in [1.29, 1.82) is 0 Å². The highest BCUT2D eigenvalue weighted by Crippen LogP contribution is 2.56. The number of likely N-dealkylation sites (tertiary alicyclic amines) is 1. The molecule has 2 aliphatic rings. The number of rotatable bonds is 0. The summed E-state index contributed by atoms with van der Waals surface area (Å²) in [6.45, 7) is 14.1. The molecule has 1 aliphatic carbocycles. The second-order valence-electron chi connectivity index (χ2n) is 8.37. The zero-order valence-electron chi connectivity index (χ0n) is 13.7. The van der Waals surface area contributed by atoms with Gasteiger partial charge in [-0.2, -0.15) is 0 Å². The van der Waals surface area contributed by atoms with E-state index in [0.29, 0.717) is 5.92 Å². The lowest BCUT2D eigenvalue weighted by molar-refractivity contribution is -0.181. The summed E-state index contributed by atoms with van der Waals surface area (Å²) >= 11 is 0. The predicted molar refractivity (Wildman–Crippen MR) is 77.2 cm³/mol. The van der Waals surface area contributed by atoms with Gasteiger partial charge in [0.2, 0.25) is 5.91 Å². The Balaban J connectivity index is 2.22. The molecule has 0 N–H and O–H groups in total. The Kier molecular flexibility index (Phi) is 3.23. The molecule has 2 amide bonds. The summed E-state index contributed by atoms with van der Waals surface area (Å²) in [5, 5.41) is 0. The number of carbonyl (C=O) groups is 2. The van der Waals surface area contributed by atoms with Crippen molar-refractivity contribution in [3.05, 3.63) is 0 Å². The number of hydrogen-bond acceptors (Lipinski definition) is 3. The molecule has 20 heavy (non-hydrogen) atoms. The van der Waals surface area contributed by atoms with Crippen molar-refractivity contribution in [3.63, 3.8) is 0 Å². The third kappa shape index (κ3) is 2.23. The topological polar surface area (TPSA) is 46.6 Å². The highest BCUT2D eigenvalue weighted by Gasteiger charge is 2.65. The minimum Gasteiger partial charge on any atom is -0.443 e. The third-order valence-electron chi connectivity index (χ3n) is 5.09. The molecule has 1 aliphatic heterocycles. The number of ether oxygens (including phenoxy) is 1. The van der Waals surface area contributed by atoms with Gasteiger partial charge in [0.15, 0.2) is 0 Å². The van der Waals surface area contributed by atoms with Crippen molar-refractivity contribution >= 4 is 12.0 Å². The number of hydrogen-bond donors (Lipinski definition) is 0. The summed E-state index contributed by atoms with van der Waals surface area (Å²) in [6.07, 6.45) is 1.21. The summed E-state index contributed by atoms with van der Waals surface area (Å²) in [4.78, 5) is 26.0. The van der Waals surface area contributed by atoms with Crippen LogP contribution in [-0.2, 0) is 9.53 Å². The minimum atomic E-state index is -0.573. The second kappa shape index (κ2) is 4.22. The smallest absolute Gasteiger partial charge is 0.417 e. The maximum Gasteiger partial charge on any atom is 0.417 e. The van der Waals surface area contributed by atoms with Gasteiger partial charge in [0, 0.05) is 0 Å². The largest absolute Gasteiger partial charge is 0.443 e. The summed E-state index contributed by atoms with van der Waals surface area (Å²) < 4.78 is 5.39. The fourth-order valence-corrected chi connectivity index (χ4v) is 3.70. The molecule has 0 aromatic heterocycles. The molecule has 0 aromatic carbocycles. The number of carbonyl (C=O) groups excluding carboxylic acids is 2. The Morgan fingerprint density at radius 1 is 1.30 bits per heavy atom. The van der Waals surface area contributed by atoms with Crippen molar-refractivity contribution < 1.29 is 14.3 Å². The average Bonchev–Trinajstić information content (AvgIpc) is 2.20. The van der Waals surface area contributed by atoms with Crippen molar-refractivity contribution in [2.75, 3.05) is 0 Å². The van der Waals surface area contributed by atoms with Gasteiger partial charge in [0.25, 0.3) is 0 Å². The zero-order chi connectivity index (χ0) is 15.5. The van der Waals surface area contributed by atoms with Crippen LogP contribution in [0.15, 0.2) is 0 Å². The van der Waals surface area contributed by atoms with E-state index in [1.54, 1.807) is 0 Å². The van der Waals surface area contributed by atoms with Crippen LogP contribution in [0.4, 0.5) is 4.79 Å². The molecule has 0 bridgehead atoms. The van der Waals surface area contributed by atoms with E-state index in [2.05, 4.69) is 20.8 Å². The van der Waals surface area contributed by atoms with Crippen molar-refractivity contribution in [2.24, 2.45) is 17.3 Å². The van der Waals surface area contributed by atoms with Crippen LogP contribution < -0.4 is 0 Å². The number of imide groups is 1. The van der Waals surface area contributed by atoms with Gasteiger partial charge < -0.3 is 4.74 Å². The van der Waals surface area contributed by atoms with Crippen molar-refractivity contribution in [2.45, 2.75) is 72.4 Å². The maximum absolute atomic E-state index is 12.3. The lowest BCUT2D eigenvalue weighted by Crippen LogP contribution is -2.74. The molecule has 3 atom stereocenters. The van der Waals surface area contributed by atoms with Crippen LogP contribution in [0.1, 0.15) is 61.3 Å². The molecule has 2 rings (SSSR count). The van der Waals surface area contributed by atoms with E-state index in [-0.39, 0.29) is 22.8 Å². The van der Waals surface area contributed by atoms with Gasteiger partial charge in [0.05, 0.1) is 11.5 Å². The molecule has 4 heteroatoms. The van der Waals surface area contributed by atoms with Crippen LogP contribution in [0.3, 0.4) is 0 Å². The molecule has 0 spiro atoms. The standard InChI is InChI=1S/C16H27NO3/c1-10-8-11-12(18)17(13(19)20-14(2,3)4)16(11,7)9-15(10,5)6/h10-11H,8-9H2,1-7H3. The lowest BCUT2D eigenvalue weighted by atomic mass is 9.54. The molecule has 4 nitrogen and oxygen atoms in total. The van der Waals surface area contributed by atoms with E-state index >= 15 is 0 Å². The van der Waals surface area contributed by atoms with Crippen LogP contribution >= 0.6 is 0 Å². The molecule has 3 unspecified atom stereocenters. The first kappa shape index (κ1) is 15.3. The van der Waals surface area contributed by atoms with E-state index in [1.807, 2.05) is 27.7 Å². The van der Waals surface area contributed by atoms with E-state index < -0.39 is 11.7 Å². The Bertz CT molecular complexity index is 449. The molecular formula is C16H27NO3. The SMILES string of the molecule is CC1CC2C(=O)N(C(=O)OC(C)(C)C)C2(C)CC1(C)C. The van der Waals surface area contributed by atoms with E-state index in [9.17, 15) is 9.59 Å². The number of fused-ring (bicyclic) bond motifs is 1. The molecular weight excluding hydrogens is 254 g/mol. The van der Waals surface area contributed by atoms with E-state index in [0.717, 1.165) is 12.8 Å². The van der Waals surface area contributed by atoms with Gasteiger partial charge in [-0.15, -0.1) is 0 Å². The first-order valence-electron chi connectivity index (χ1n) is 7.45. The fraction of sp³-hybridized carbons (Fsp3) is 0.875. The van der Waals surface area contributed by atoms with Crippen molar-refractivity contribution in [1.82, 2.24) is 4.90 Å². The lowest BCUT2D eigenvalue weighted by Gasteiger charge is -2.61. The number of amides is 2. The maximum atomic E-state index is 12.3. The minimum absolute atomic E-state index is 0.0296. The van der Waals surface area contributed by atoms with Gasteiger partial charge in [-0.1, -0.05) is 20.8 Å². The molecule has 1 saturated heterocycles. The Morgan fingerprint density at radius 3 is 2.35 bits per heavy atom. The molecule has 2 fully saturated rings. The zero-order valence-corrected chi connectivity index (χ0v) is 13.7. The predicted octanol–water partition coefficient (Wildman–Crippen LogP) is 3.59. The summed E-state index contributed by atoms with van der Waals surface area (Å²) in [5.74, 6) is 0.396. The molecule has 1 heterocycles. The van der Waals surface area contributed by atoms with Crippen LogP contribution in [0.5, 0.6) is 0 Å². The number of nitrogens with zero attached hydrogens (tertiary/aromatic N) is 1. The molecule has 114 valence electrons. The van der Waals surface area contributed by atoms with Crippen LogP contribution in [0.25, 0.3) is 0 Å². The molecule has 0 radical (unpaired) electrons. The fourth-order valence-electron chi connectivity index (χ4n) is 3.70. The van der Waals surface area contributed by atoms with Gasteiger partial charge in [-0.3, -0.25) is 4.79 Å². The summed E-state index contributed by atoms with van der Waals surface area (Å²) in [6, 6.07) is 0. The first-order valence-corrected chi connectivity index (χ1v) is 7.45. The van der Waals surface area contributed by atoms with Gasteiger partial charge >= 0.3 is 6.09 Å². The van der Waals surface area contributed by atoms with E-state index in [4.69, 9.17) is 4.74 Å². The van der Waals surface area contributed by atoms with Gasteiger partial charge in [0.1, 0.15) is 5.60 Å². The Morgan fingerprint density at radius 2 is 1.85 bits per heavy atom. The average molecular weight is 281 g/mol. The second-order valence-corrected chi connectivity index (χ2v) is 8.37. The number of β-lactam (4-membered cyclic amide) rings is 1. The third-order valence-corrected chi connectivity index (χ3v) is 5.09. The summed E-state index contributed by atoms with van der Waals surface area (Å²) in [7, 11) is 0. The van der Waals surface area contributed by atoms with Gasteiger partial charge in [-0.25, -0.2) is 9.69 Å². The first-order chi connectivity index (χ1) is 8.88. The highest BCUT2D eigenvalue weighted by molar-refractivity contribution is 6.01.